The van der Waals surface area contributed by atoms with Crippen molar-refractivity contribution in [1.82, 2.24) is 5.32 Å². The number of rotatable bonds is 7. The zero-order chi connectivity index (χ0) is 14.1. The van der Waals surface area contributed by atoms with Gasteiger partial charge in [0.25, 0.3) is 0 Å². The maximum Gasteiger partial charge on any atom is 0.319 e. The monoisotopic (exact) mass is 306 g/mol. The lowest BCUT2D eigenvalue weighted by Crippen LogP contribution is -2.30. The van der Waals surface area contributed by atoms with Gasteiger partial charge >= 0.3 is 6.03 Å². The van der Waals surface area contributed by atoms with Crippen LogP contribution in [0.1, 0.15) is 6.42 Å². The summed E-state index contributed by atoms with van der Waals surface area (Å²) in [4.78, 5) is 11.5. The molecule has 0 aliphatic carbocycles. The number of amides is 2. The molecular weight excluding hydrogens is 291 g/mol. The number of hydrogen-bond donors (Lipinski definition) is 3. The molecule has 0 saturated carbocycles. The van der Waals surface area contributed by atoms with Gasteiger partial charge in [0.2, 0.25) is 0 Å². The Morgan fingerprint density at radius 2 is 2.21 bits per heavy atom. The molecule has 2 amide bonds. The summed E-state index contributed by atoms with van der Waals surface area (Å²) in [5.41, 5.74) is 0.0536. The van der Waals surface area contributed by atoms with Gasteiger partial charge in [-0.2, -0.15) is 11.8 Å². The molecule has 1 aromatic carbocycles. The molecule has 0 saturated heterocycles. The van der Waals surface area contributed by atoms with Gasteiger partial charge in [0.1, 0.15) is 0 Å². The summed E-state index contributed by atoms with van der Waals surface area (Å²) in [5.74, 6) is 0.949. The topological polar surface area (TPSA) is 61.4 Å². The zero-order valence-electron chi connectivity index (χ0n) is 10.3. The quantitative estimate of drug-likeness (QED) is 0.679. The fourth-order valence-electron chi connectivity index (χ4n) is 1.27. The highest BCUT2D eigenvalue weighted by Gasteiger charge is 2.08. The van der Waals surface area contributed by atoms with Gasteiger partial charge < -0.3 is 15.7 Å². The van der Waals surface area contributed by atoms with Crippen molar-refractivity contribution in [2.75, 3.05) is 30.0 Å². The van der Waals surface area contributed by atoms with Crippen molar-refractivity contribution in [1.29, 1.82) is 0 Å². The van der Waals surface area contributed by atoms with Crippen LogP contribution >= 0.6 is 23.4 Å². The van der Waals surface area contributed by atoms with Crippen LogP contribution in [0.4, 0.5) is 14.9 Å². The van der Waals surface area contributed by atoms with Crippen LogP contribution in [-0.4, -0.2) is 35.8 Å². The standard InChI is InChI=1S/C12H16ClFN2O2S/c13-9-3-1-4-10(11(9)14)16-12(18)15-5-8-19-7-2-6-17/h1,3-4,17H,2,5-8H2,(H2,15,16,18). The van der Waals surface area contributed by atoms with Crippen LogP contribution in [0.25, 0.3) is 0 Å². The van der Waals surface area contributed by atoms with Gasteiger partial charge in [-0.15, -0.1) is 0 Å². The Bertz CT molecular complexity index is 421. The average Bonchev–Trinajstić information content (AvgIpc) is 2.39. The summed E-state index contributed by atoms with van der Waals surface area (Å²) in [7, 11) is 0. The number of anilines is 1. The van der Waals surface area contributed by atoms with Crippen LogP contribution in [-0.2, 0) is 0 Å². The van der Waals surface area contributed by atoms with E-state index in [-0.39, 0.29) is 17.3 Å². The van der Waals surface area contributed by atoms with Crippen molar-refractivity contribution in [2.24, 2.45) is 0 Å². The van der Waals surface area contributed by atoms with E-state index >= 15 is 0 Å². The summed E-state index contributed by atoms with van der Waals surface area (Å²) < 4.78 is 13.5. The van der Waals surface area contributed by atoms with E-state index in [9.17, 15) is 9.18 Å². The number of benzene rings is 1. The van der Waals surface area contributed by atoms with Gasteiger partial charge in [-0.25, -0.2) is 9.18 Å². The first-order chi connectivity index (χ1) is 9.15. The Hall–Kier alpha value is -0.980. The van der Waals surface area contributed by atoms with E-state index in [0.29, 0.717) is 6.54 Å². The lowest BCUT2D eigenvalue weighted by atomic mass is 10.3. The molecule has 0 aliphatic heterocycles. The Morgan fingerprint density at radius 3 is 2.95 bits per heavy atom. The van der Waals surface area contributed by atoms with E-state index in [0.717, 1.165) is 17.9 Å². The molecule has 0 aromatic heterocycles. The van der Waals surface area contributed by atoms with Crippen LogP contribution < -0.4 is 10.6 Å². The molecule has 0 unspecified atom stereocenters. The highest BCUT2D eigenvalue weighted by atomic mass is 35.5. The van der Waals surface area contributed by atoms with Crippen LogP contribution in [0.5, 0.6) is 0 Å². The third-order valence-electron chi connectivity index (χ3n) is 2.18. The normalized spacial score (nSPS) is 10.3. The summed E-state index contributed by atoms with van der Waals surface area (Å²) in [6, 6.07) is 3.95. The van der Waals surface area contributed by atoms with E-state index < -0.39 is 11.8 Å². The first-order valence-corrected chi connectivity index (χ1v) is 7.36. The maximum atomic E-state index is 13.5. The molecule has 4 nitrogen and oxygen atoms in total. The molecule has 0 spiro atoms. The number of carbonyl (C=O) groups excluding carboxylic acids is 1. The highest BCUT2D eigenvalue weighted by molar-refractivity contribution is 7.99. The molecule has 7 heteroatoms. The van der Waals surface area contributed by atoms with Crippen LogP contribution in [0.2, 0.25) is 5.02 Å². The predicted octanol–water partition coefficient (Wildman–Crippen LogP) is 2.72. The number of nitrogens with one attached hydrogen (secondary N) is 2. The van der Waals surface area contributed by atoms with Gasteiger partial charge in [-0.3, -0.25) is 0 Å². The number of carbonyl (C=O) groups is 1. The Kier molecular flexibility index (Phi) is 7.62. The van der Waals surface area contributed by atoms with E-state index in [4.69, 9.17) is 16.7 Å². The average molecular weight is 307 g/mol. The van der Waals surface area contributed by atoms with Crippen molar-refractivity contribution in [3.63, 3.8) is 0 Å². The second-order valence-electron chi connectivity index (χ2n) is 3.67. The summed E-state index contributed by atoms with van der Waals surface area (Å²) >= 11 is 7.24. The molecule has 0 radical (unpaired) electrons. The molecule has 0 heterocycles. The van der Waals surface area contributed by atoms with Crippen molar-refractivity contribution in [2.45, 2.75) is 6.42 Å². The molecule has 0 fully saturated rings. The lowest BCUT2D eigenvalue weighted by Gasteiger charge is -2.08. The van der Waals surface area contributed by atoms with Crippen LogP contribution in [0.3, 0.4) is 0 Å². The second kappa shape index (κ2) is 9.01. The zero-order valence-corrected chi connectivity index (χ0v) is 11.9. The summed E-state index contributed by atoms with van der Waals surface area (Å²) in [5, 5.41) is 13.6. The largest absolute Gasteiger partial charge is 0.396 e. The number of hydrogen-bond acceptors (Lipinski definition) is 3. The fraction of sp³-hybridized carbons (Fsp3) is 0.417. The molecule has 1 rings (SSSR count). The molecular formula is C12H16ClFN2O2S. The lowest BCUT2D eigenvalue weighted by molar-refractivity contribution is 0.252. The van der Waals surface area contributed by atoms with Gasteiger partial charge in [-0.1, -0.05) is 17.7 Å². The van der Waals surface area contributed by atoms with Gasteiger partial charge in [-0.05, 0) is 24.3 Å². The van der Waals surface area contributed by atoms with E-state index in [1.165, 1.54) is 12.1 Å². The maximum absolute atomic E-state index is 13.5. The number of aliphatic hydroxyl groups is 1. The Balaban J connectivity index is 2.26. The second-order valence-corrected chi connectivity index (χ2v) is 5.30. The minimum atomic E-state index is -0.642. The number of urea groups is 1. The first-order valence-electron chi connectivity index (χ1n) is 5.82. The van der Waals surface area contributed by atoms with E-state index in [1.807, 2.05) is 0 Å². The minimum Gasteiger partial charge on any atom is -0.396 e. The molecule has 0 aliphatic rings. The Morgan fingerprint density at radius 1 is 1.42 bits per heavy atom. The van der Waals surface area contributed by atoms with Crippen molar-refractivity contribution in [3.05, 3.63) is 29.0 Å². The fourth-order valence-corrected chi connectivity index (χ4v) is 2.23. The molecule has 19 heavy (non-hydrogen) atoms. The number of thioether (sulfide) groups is 1. The highest BCUT2D eigenvalue weighted by Crippen LogP contribution is 2.21. The van der Waals surface area contributed by atoms with Crippen molar-refractivity contribution < 1.29 is 14.3 Å². The van der Waals surface area contributed by atoms with Crippen molar-refractivity contribution in [3.8, 4) is 0 Å². The number of halogens is 2. The molecule has 0 bridgehead atoms. The first kappa shape index (κ1) is 16.1. The van der Waals surface area contributed by atoms with Crippen molar-refractivity contribution >= 4 is 35.1 Å². The smallest absolute Gasteiger partial charge is 0.319 e. The summed E-state index contributed by atoms with van der Waals surface area (Å²) in [6.45, 7) is 0.652. The van der Waals surface area contributed by atoms with E-state index in [1.54, 1.807) is 17.8 Å². The van der Waals surface area contributed by atoms with Gasteiger partial charge in [0.05, 0.1) is 10.7 Å². The van der Waals surface area contributed by atoms with Crippen LogP contribution in [0, 0.1) is 5.82 Å². The third kappa shape index (κ3) is 6.13. The molecule has 0 atom stereocenters. The number of aliphatic hydroxyl groups excluding tert-OH is 1. The van der Waals surface area contributed by atoms with Gasteiger partial charge in [0, 0.05) is 18.9 Å². The molecule has 3 N–H and O–H groups in total. The minimum absolute atomic E-state index is 0.0302. The third-order valence-corrected chi connectivity index (χ3v) is 3.54. The SMILES string of the molecule is O=C(NCCSCCCO)Nc1cccc(Cl)c1F. The predicted molar refractivity (Wildman–Crippen MR) is 77.5 cm³/mol. The molecule has 106 valence electrons. The Labute approximate surface area is 120 Å². The van der Waals surface area contributed by atoms with E-state index in [2.05, 4.69) is 10.6 Å². The molecule has 1 aromatic rings. The van der Waals surface area contributed by atoms with Crippen LogP contribution in [0.15, 0.2) is 18.2 Å². The van der Waals surface area contributed by atoms with Gasteiger partial charge in [0.15, 0.2) is 5.82 Å². The summed E-state index contributed by atoms with van der Waals surface area (Å²) in [6.07, 6.45) is 0.741.